The first-order valence-electron chi connectivity index (χ1n) is 6.53. The van der Waals surface area contributed by atoms with E-state index in [1.807, 2.05) is 44.3 Å². The van der Waals surface area contributed by atoms with Crippen molar-refractivity contribution in [2.75, 3.05) is 0 Å². The Morgan fingerprint density at radius 1 is 1.25 bits per heavy atom. The lowest BCUT2D eigenvalue weighted by atomic mass is 10.1. The van der Waals surface area contributed by atoms with Crippen molar-refractivity contribution < 1.29 is 5.11 Å². The van der Waals surface area contributed by atoms with Crippen molar-refractivity contribution >= 4 is 11.0 Å². The highest BCUT2D eigenvalue weighted by atomic mass is 16.3. The van der Waals surface area contributed by atoms with Crippen LogP contribution in [-0.4, -0.2) is 24.9 Å². The molecule has 0 aliphatic heterocycles. The van der Waals surface area contributed by atoms with Gasteiger partial charge in [0.1, 0.15) is 6.10 Å². The van der Waals surface area contributed by atoms with Crippen LogP contribution in [0.15, 0.2) is 36.5 Å². The molecule has 102 valence electrons. The van der Waals surface area contributed by atoms with Crippen molar-refractivity contribution in [2.45, 2.75) is 19.4 Å². The van der Waals surface area contributed by atoms with Gasteiger partial charge in [-0.3, -0.25) is 9.67 Å². The minimum atomic E-state index is -0.679. The summed E-state index contributed by atoms with van der Waals surface area (Å²) in [6.07, 6.45) is 1.43. The summed E-state index contributed by atoms with van der Waals surface area (Å²) in [5, 5.41) is 14.6. The normalized spacial score (nSPS) is 12.8. The molecular formula is C15H16N4O. The summed E-state index contributed by atoms with van der Waals surface area (Å²) in [6.45, 7) is 1.94. The number of aliphatic hydroxyl groups excluding tert-OH is 1. The SMILES string of the molecule is Cc1cc(CC(O)c2cnc3ccccc3n2)n(C)n1. The fourth-order valence-corrected chi connectivity index (χ4v) is 2.29. The van der Waals surface area contributed by atoms with E-state index in [-0.39, 0.29) is 0 Å². The van der Waals surface area contributed by atoms with Gasteiger partial charge in [-0.05, 0) is 25.1 Å². The van der Waals surface area contributed by atoms with E-state index in [1.54, 1.807) is 10.9 Å². The summed E-state index contributed by atoms with van der Waals surface area (Å²) >= 11 is 0. The maximum atomic E-state index is 10.3. The van der Waals surface area contributed by atoms with Gasteiger partial charge in [-0.1, -0.05) is 12.1 Å². The number of para-hydroxylation sites is 2. The number of hydrogen-bond donors (Lipinski definition) is 1. The van der Waals surface area contributed by atoms with Gasteiger partial charge in [-0.15, -0.1) is 0 Å². The number of nitrogens with zero attached hydrogens (tertiary/aromatic N) is 4. The average molecular weight is 268 g/mol. The van der Waals surface area contributed by atoms with Crippen LogP contribution in [0.4, 0.5) is 0 Å². The number of aliphatic hydroxyl groups is 1. The predicted octanol–water partition coefficient (Wildman–Crippen LogP) is 1.95. The number of hydrogen-bond acceptors (Lipinski definition) is 4. The van der Waals surface area contributed by atoms with Crippen molar-refractivity contribution in [3.63, 3.8) is 0 Å². The molecule has 0 aliphatic carbocycles. The maximum Gasteiger partial charge on any atom is 0.103 e. The van der Waals surface area contributed by atoms with Gasteiger partial charge in [0, 0.05) is 19.2 Å². The van der Waals surface area contributed by atoms with E-state index in [0.29, 0.717) is 12.1 Å². The van der Waals surface area contributed by atoms with E-state index < -0.39 is 6.10 Å². The Hall–Kier alpha value is -2.27. The Bertz CT molecular complexity index is 750. The zero-order valence-corrected chi connectivity index (χ0v) is 11.5. The smallest absolute Gasteiger partial charge is 0.103 e. The summed E-state index contributed by atoms with van der Waals surface area (Å²) in [4.78, 5) is 8.79. The molecule has 5 heteroatoms. The third kappa shape index (κ3) is 2.40. The fourth-order valence-electron chi connectivity index (χ4n) is 2.29. The standard InChI is InChI=1S/C15H16N4O/c1-10-7-11(19(2)18-10)8-15(20)14-9-16-12-5-3-4-6-13(12)17-14/h3-7,9,15,20H,8H2,1-2H3. The van der Waals surface area contributed by atoms with Gasteiger partial charge in [-0.25, -0.2) is 4.98 Å². The molecule has 1 unspecified atom stereocenters. The highest BCUT2D eigenvalue weighted by molar-refractivity contribution is 5.73. The third-order valence-corrected chi connectivity index (χ3v) is 3.31. The molecule has 2 heterocycles. The molecule has 3 rings (SSSR count). The third-order valence-electron chi connectivity index (χ3n) is 3.31. The van der Waals surface area contributed by atoms with Gasteiger partial charge in [0.15, 0.2) is 0 Å². The van der Waals surface area contributed by atoms with E-state index in [9.17, 15) is 5.11 Å². The summed E-state index contributed by atoms with van der Waals surface area (Å²) < 4.78 is 1.78. The number of benzene rings is 1. The molecule has 0 radical (unpaired) electrons. The van der Waals surface area contributed by atoms with Gasteiger partial charge in [0.2, 0.25) is 0 Å². The molecule has 0 saturated carbocycles. The zero-order chi connectivity index (χ0) is 14.1. The highest BCUT2D eigenvalue weighted by Gasteiger charge is 2.14. The van der Waals surface area contributed by atoms with Gasteiger partial charge >= 0.3 is 0 Å². The monoisotopic (exact) mass is 268 g/mol. The molecule has 20 heavy (non-hydrogen) atoms. The maximum absolute atomic E-state index is 10.3. The molecule has 1 atom stereocenters. The quantitative estimate of drug-likeness (QED) is 0.788. The fraction of sp³-hybridized carbons (Fsp3) is 0.267. The predicted molar refractivity (Wildman–Crippen MR) is 76.1 cm³/mol. The van der Waals surface area contributed by atoms with Crippen LogP contribution >= 0.6 is 0 Å². The summed E-state index contributed by atoms with van der Waals surface area (Å²) in [5.41, 5.74) is 4.14. The first-order chi connectivity index (χ1) is 9.63. The van der Waals surface area contributed by atoms with Crippen molar-refractivity contribution in [1.82, 2.24) is 19.7 Å². The van der Waals surface area contributed by atoms with E-state index in [1.165, 1.54) is 0 Å². The van der Waals surface area contributed by atoms with Crippen LogP contribution in [0.2, 0.25) is 0 Å². The van der Waals surface area contributed by atoms with Gasteiger partial charge < -0.3 is 5.11 Å². The Balaban J connectivity index is 1.88. The second kappa shape index (κ2) is 5.02. The molecule has 1 N–H and O–H groups in total. The van der Waals surface area contributed by atoms with Crippen molar-refractivity contribution in [3.8, 4) is 0 Å². The minimum absolute atomic E-state index is 0.477. The Morgan fingerprint density at radius 3 is 2.70 bits per heavy atom. The topological polar surface area (TPSA) is 63.8 Å². The van der Waals surface area contributed by atoms with Crippen LogP contribution in [0.25, 0.3) is 11.0 Å². The van der Waals surface area contributed by atoms with Crippen molar-refractivity contribution in [2.24, 2.45) is 7.05 Å². The molecule has 3 aromatic rings. The van der Waals surface area contributed by atoms with Gasteiger partial charge in [0.05, 0.1) is 28.6 Å². The molecule has 0 bridgehead atoms. The average Bonchev–Trinajstić information content (AvgIpc) is 2.76. The minimum Gasteiger partial charge on any atom is -0.386 e. The Labute approximate surface area is 116 Å². The van der Waals surface area contributed by atoms with Crippen LogP contribution in [0, 0.1) is 6.92 Å². The summed E-state index contributed by atoms with van der Waals surface area (Å²) in [6, 6.07) is 9.61. The van der Waals surface area contributed by atoms with E-state index in [2.05, 4.69) is 15.1 Å². The first kappa shape index (κ1) is 12.7. The molecule has 0 amide bonds. The van der Waals surface area contributed by atoms with E-state index in [0.717, 1.165) is 22.4 Å². The molecule has 5 nitrogen and oxygen atoms in total. The van der Waals surface area contributed by atoms with Gasteiger partial charge in [-0.2, -0.15) is 5.10 Å². The number of aryl methyl sites for hydroxylation is 2. The largest absolute Gasteiger partial charge is 0.386 e. The molecule has 0 saturated heterocycles. The second-order valence-electron chi connectivity index (χ2n) is 4.90. The number of fused-ring (bicyclic) bond motifs is 1. The molecule has 2 aromatic heterocycles. The Kier molecular flexibility index (Phi) is 3.20. The van der Waals surface area contributed by atoms with E-state index in [4.69, 9.17) is 0 Å². The first-order valence-corrected chi connectivity index (χ1v) is 6.53. The highest BCUT2D eigenvalue weighted by Crippen LogP contribution is 2.18. The van der Waals surface area contributed by atoms with Gasteiger partial charge in [0.25, 0.3) is 0 Å². The van der Waals surface area contributed by atoms with Crippen LogP contribution in [-0.2, 0) is 13.5 Å². The lowest BCUT2D eigenvalue weighted by Gasteiger charge is -2.10. The van der Waals surface area contributed by atoms with Crippen molar-refractivity contribution in [3.05, 3.63) is 53.6 Å². The van der Waals surface area contributed by atoms with Crippen LogP contribution in [0.3, 0.4) is 0 Å². The van der Waals surface area contributed by atoms with Crippen molar-refractivity contribution in [1.29, 1.82) is 0 Å². The van der Waals surface area contributed by atoms with Crippen LogP contribution in [0.1, 0.15) is 23.2 Å². The number of rotatable bonds is 3. The summed E-state index contributed by atoms with van der Waals surface area (Å²) in [5.74, 6) is 0. The molecular weight excluding hydrogens is 252 g/mol. The van der Waals surface area contributed by atoms with Crippen LogP contribution in [0.5, 0.6) is 0 Å². The lowest BCUT2D eigenvalue weighted by molar-refractivity contribution is 0.171. The zero-order valence-electron chi connectivity index (χ0n) is 11.5. The lowest BCUT2D eigenvalue weighted by Crippen LogP contribution is -2.08. The molecule has 0 spiro atoms. The summed E-state index contributed by atoms with van der Waals surface area (Å²) in [7, 11) is 1.88. The van der Waals surface area contributed by atoms with E-state index >= 15 is 0 Å². The van der Waals surface area contributed by atoms with Crippen LogP contribution < -0.4 is 0 Å². The molecule has 1 aromatic carbocycles. The second-order valence-corrected chi connectivity index (χ2v) is 4.90. The Morgan fingerprint density at radius 2 is 2.00 bits per heavy atom. The molecule has 0 aliphatic rings. The molecule has 0 fully saturated rings. The number of aromatic nitrogens is 4.